The minimum absolute atomic E-state index is 0.117. The third-order valence-corrected chi connectivity index (χ3v) is 2.88. The Kier molecular flexibility index (Phi) is 3.62. The molecule has 18 heavy (non-hydrogen) atoms. The van der Waals surface area contributed by atoms with Crippen LogP contribution in [-0.2, 0) is 0 Å². The van der Waals surface area contributed by atoms with E-state index in [4.69, 9.17) is 5.73 Å². The van der Waals surface area contributed by atoms with Crippen LogP contribution in [0.25, 0.3) is 0 Å². The minimum Gasteiger partial charge on any atom is -0.398 e. The van der Waals surface area contributed by atoms with E-state index in [1.807, 2.05) is 0 Å². The first kappa shape index (κ1) is 12.6. The first-order chi connectivity index (χ1) is 8.58. The fraction of sp³-hybridized carbons (Fsp3) is 0. The highest BCUT2D eigenvalue weighted by atomic mass is 79.9. The molecule has 0 saturated heterocycles. The predicted octanol–water partition coefficient (Wildman–Crippen LogP) is 3.42. The van der Waals surface area contributed by atoms with Crippen LogP contribution < -0.4 is 11.1 Å². The van der Waals surface area contributed by atoms with Crippen molar-refractivity contribution in [1.82, 2.24) is 0 Å². The molecule has 92 valence electrons. The fourth-order valence-corrected chi connectivity index (χ4v) is 1.82. The van der Waals surface area contributed by atoms with Gasteiger partial charge in [0, 0.05) is 10.2 Å². The summed E-state index contributed by atoms with van der Waals surface area (Å²) in [5.41, 5.74) is 6.47. The molecule has 2 aromatic carbocycles. The van der Waals surface area contributed by atoms with Crippen LogP contribution in [-0.4, -0.2) is 5.91 Å². The van der Waals surface area contributed by atoms with Gasteiger partial charge in [-0.15, -0.1) is 0 Å². The molecule has 0 spiro atoms. The van der Waals surface area contributed by atoms with Crippen LogP contribution in [0.2, 0.25) is 0 Å². The normalized spacial score (nSPS) is 10.1. The maximum Gasteiger partial charge on any atom is 0.257 e. The van der Waals surface area contributed by atoms with Gasteiger partial charge in [0.25, 0.3) is 5.91 Å². The van der Waals surface area contributed by atoms with E-state index in [9.17, 15) is 9.18 Å². The van der Waals surface area contributed by atoms with Gasteiger partial charge in [-0.3, -0.25) is 4.79 Å². The Morgan fingerprint density at radius 1 is 1.22 bits per heavy atom. The first-order valence-electron chi connectivity index (χ1n) is 5.19. The van der Waals surface area contributed by atoms with Crippen molar-refractivity contribution in [1.29, 1.82) is 0 Å². The number of carbonyl (C=O) groups is 1. The number of benzene rings is 2. The van der Waals surface area contributed by atoms with Crippen LogP contribution >= 0.6 is 15.9 Å². The average molecular weight is 309 g/mol. The molecule has 0 radical (unpaired) electrons. The molecule has 0 atom stereocenters. The standard InChI is InChI=1S/C13H10BrFN2O/c14-8-5-6-12(10(15)7-8)17-13(18)9-3-1-2-4-11(9)16/h1-7H,16H2,(H,17,18). The van der Waals surface area contributed by atoms with Crippen molar-refractivity contribution in [3.63, 3.8) is 0 Å². The lowest BCUT2D eigenvalue weighted by atomic mass is 10.1. The van der Waals surface area contributed by atoms with Gasteiger partial charge in [-0.1, -0.05) is 28.1 Å². The fourth-order valence-electron chi connectivity index (χ4n) is 1.48. The zero-order chi connectivity index (χ0) is 13.1. The van der Waals surface area contributed by atoms with Gasteiger partial charge in [0.2, 0.25) is 0 Å². The summed E-state index contributed by atoms with van der Waals surface area (Å²) in [5, 5.41) is 2.48. The van der Waals surface area contributed by atoms with E-state index in [2.05, 4.69) is 21.2 Å². The number of carbonyl (C=O) groups excluding carboxylic acids is 1. The lowest BCUT2D eigenvalue weighted by Gasteiger charge is -2.08. The molecule has 3 N–H and O–H groups in total. The van der Waals surface area contributed by atoms with Gasteiger partial charge in [0.15, 0.2) is 0 Å². The molecule has 0 fully saturated rings. The molecule has 2 rings (SSSR count). The van der Waals surface area contributed by atoms with Crippen LogP contribution in [0.3, 0.4) is 0 Å². The Hall–Kier alpha value is -1.88. The van der Waals surface area contributed by atoms with E-state index in [1.54, 1.807) is 30.3 Å². The second-order valence-corrected chi connectivity index (χ2v) is 4.58. The molecular formula is C13H10BrFN2O. The van der Waals surface area contributed by atoms with Gasteiger partial charge in [-0.2, -0.15) is 0 Å². The van der Waals surface area contributed by atoms with Crippen molar-refractivity contribution in [3.05, 3.63) is 58.3 Å². The summed E-state index contributed by atoms with van der Waals surface area (Å²) in [6, 6.07) is 11.0. The van der Waals surface area contributed by atoms with E-state index in [0.717, 1.165) is 0 Å². The summed E-state index contributed by atoms with van der Waals surface area (Å²) in [6.07, 6.45) is 0. The molecule has 2 aromatic rings. The Morgan fingerprint density at radius 2 is 1.94 bits per heavy atom. The Labute approximate surface area is 112 Å². The monoisotopic (exact) mass is 308 g/mol. The number of hydrogen-bond acceptors (Lipinski definition) is 2. The number of nitrogens with two attached hydrogens (primary N) is 1. The van der Waals surface area contributed by atoms with Crippen LogP contribution in [0.15, 0.2) is 46.9 Å². The minimum atomic E-state index is -0.507. The summed E-state index contributed by atoms with van der Waals surface area (Å²) >= 11 is 3.15. The molecule has 0 aromatic heterocycles. The van der Waals surface area contributed by atoms with E-state index < -0.39 is 11.7 Å². The van der Waals surface area contributed by atoms with E-state index in [1.165, 1.54) is 12.1 Å². The number of rotatable bonds is 2. The third kappa shape index (κ3) is 2.68. The number of para-hydroxylation sites is 1. The highest BCUT2D eigenvalue weighted by Crippen LogP contribution is 2.21. The third-order valence-electron chi connectivity index (χ3n) is 2.38. The van der Waals surface area contributed by atoms with E-state index in [-0.39, 0.29) is 5.69 Å². The quantitative estimate of drug-likeness (QED) is 0.835. The molecule has 0 aliphatic heterocycles. The summed E-state index contributed by atoms with van der Waals surface area (Å²) in [7, 11) is 0. The molecule has 0 unspecified atom stereocenters. The zero-order valence-electron chi connectivity index (χ0n) is 9.28. The number of anilines is 2. The van der Waals surface area contributed by atoms with Crippen molar-refractivity contribution in [2.24, 2.45) is 0 Å². The van der Waals surface area contributed by atoms with Crippen LogP contribution in [0, 0.1) is 5.82 Å². The Morgan fingerprint density at radius 3 is 2.61 bits per heavy atom. The maximum absolute atomic E-state index is 13.6. The lowest BCUT2D eigenvalue weighted by Crippen LogP contribution is -2.14. The number of hydrogen-bond donors (Lipinski definition) is 2. The van der Waals surface area contributed by atoms with Crippen LogP contribution in [0.1, 0.15) is 10.4 Å². The average Bonchev–Trinajstić information content (AvgIpc) is 2.33. The van der Waals surface area contributed by atoms with E-state index >= 15 is 0 Å². The Bertz CT molecular complexity index is 601. The summed E-state index contributed by atoms with van der Waals surface area (Å²) in [5.74, 6) is -0.943. The van der Waals surface area contributed by atoms with Crippen LogP contribution in [0.5, 0.6) is 0 Å². The number of nitrogen functional groups attached to an aromatic ring is 1. The highest BCUT2D eigenvalue weighted by molar-refractivity contribution is 9.10. The second-order valence-electron chi connectivity index (χ2n) is 3.67. The first-order valence-corrected chi connectivity index (χ1v) is 5.98. The SMILES string of the molecule is Nc1ccccc1C(=O)Nc1ccc(Br)cc1F. The van der Waals surface area contributed by atoms with Crippen molar-refractivity contribution in [2.45, 2.75) is 0 Å². The summed E-state index contributed by atoms with van der Waals surface area (Å²) in [4.78, 5) is 11.9. The number of nitrogens with one attached hydrogen (secondary N) is 1. The highest BCUT2D eigenvalue weighted by Gasteiger charge is 2.11. The van der Waals surface area contributed by atoms with Crippen molar-refractivity contribution in [2.75, 3.05) is 11.1 Å². The zero-order valence-corrected chi connectivity index (χ0v) is 10.9. The lowest BCUT2D eigenvalue weighted by molar-refractivity contribution is 0.102. The Balaban J connectivity index is 2.24. The molecule has 0 heterocycles. The van der Waals surface area contributed by atoms with Gasteiger partial charge in [0.1, 0.15) is 5.82 Å². The van der Waals surface area contributed by atoms with Crippen molar-refractivity contribution >= 4 is 33.2 Å². The summed E-state index contributed by atoms with van der Waals surface area (Å²) in [6.45, 7) is 0. The van der Waals surface area contributed by atoms with Crippen molar-refractivity contribution in [3.8, 4) is 0 Å². The molecule has 3 nitrogen and oxygen atoms in total. The molecule has 0 aliphatic carbocycles. The number of amides is 1. The molecule has 1 amide bonds. The molecule has 0 saturated carbocycles. The maximum atomic E-state index is 13.6. The predicted molar refractivity (Wildman–Crippen MR) is 72.9 cm³/mol. The van der Waals surface area contributed by atoms with E-state index in [0.29, 0.717) is 15.7 Å². The molecule has 0 bridgehead atoms. The smallest absolute Gasteiger partial charge is 0.257 e. The topological polar surface area (TPSA) is 55.1 Å². The van der Waals surface area contributed by atoms with Crippen molar-refractivity contribution < 1.29 is 9.18 Å². The van der Waals surface area contributed by atoms with Gasteiger partial charge in [-0.05, 0) is 30.3 Å². The van der Waals surface area contributed by atoms with Gasteiger partial charge in [-0.25, -0.2) is 4.39 Å². The molecular weight excluding hydrogens is 299 g/mol. The van der Waals surface area contributed by atoms with Crippen LogP contribution in [0.4, 0.5) is 15.8 Å². The molecule has 5 heteroatoms. The van der Waals surface area contributed by atoms with Gasteiger partial charge >= 0.3 is 0 Å². The van der Waals surface area contributed by atoms with Gasteiger partial charge in [0.05, 0.1) is 11.3 Å². The largest absolute Gasteiger partial charge is 0.398 e. The van der Waals surface area contributed by atoms with Gasteiger partial charge < -0.3 is 11.1 Å². The number of halogens is 2. The molecule has 0 aliphatic rings. The second kappa shape index (κ2) is 5.18. The summed E-state index contributed by atoms with van der Waals surface area (Å²) < 4.78 is 14.2.